The maximum Gasteiger partial charge on any atom is 0.375 e. The van der Waals surface area contributed by atoms with Gasteiger partial charge in [0, 0.05) is 16.7 Å². The van der Waals surface area contributed by atoms with Crippen LogP contribution in [0.4, 0.5) is 4.39 Å². The molecule has 5 rings (SSSR count). The zero-order chi connectivity index (χ0) is 24.4. The zero-order valence-electron chi connectivity index (χ0n) is 19.0. The number of rotatable bonds is 2. The van der Waals surface area contributed by atoms with Crippen molar-refractivity contribution < 1.29 is 43.6 Å². The molecule has 0 amide bonds. The van der Waals surface area contributed by atoms with Crippen molar-refractivity contribution in [3.8, 4) is 0 Å². The molecule has 0 spiro atoms. The number of Topliss-reactive ketones (excluding diaryl/α,β-unsaturated/α-hetero) is 1. The van der Waals surface area contributed by atoms with Gasteiger partial charge in [-0.05, 0) is 63.7 Å². The van der Waals surface area contributed by atoms with Crippen LogP contribution in [0, 0.1) is 22.7 Å². The van der Waals surface area contributed by atoms with Crippen LogP contribution in [0.3, 0.4) is 0 Å². The number of aliphatic hydroxyl groups excluding tert-OH is 2. The van der Waals surface area contributed by atoms with Gasteiger partial charge in [-0.25, -0.2) is 9.18 Å². The standard InChI is InChI=1S/C24H29FO8/c1-20(2)32-17-9-12-13-8-15(27)14-7-11(26)5-6-21(14,3)23(13,25)16(28)10-22(12,4)24(17,33-20)18(29)19(30)31/h5-7,12-13,15-17,27-28H,8-10H2,1-4H3,(H,30,31)/t12-,13+,15-,16+,17+,21+,22+,23-,24+/m1/s1. The number of halogens is 1. The van der Waals surface area contributed by atoms with Crippen LogP contribution in [-0.2, 0) is 23.9 Å². The molecule has 0 bridgehead atoms. The van der Waals surface area contributed by atoms with E-state index in [0.717, 1.165) is 0 Å². The highest BCUT2D eigenvalue weighted by atomic mass is 19.1. The number of hydrogen-bond donors (Lipinski definition) is 3. The van der Waals surface area contributed by atoms with Gasteiger partial charge in [-0.15, -0.1) is 0 Å². The number of carbonyl (C=O) groups excluding carboxylic acids is 2. The van der Waals surface area contributed by atoms with Crippen LogP contribution in [0.2, 0.25) is 0 Å². The Morgan fingerprint density at radius 3 is 2.42 bits per heavy atom. The monoisotopic (exact) mass is 464 g/mol. The number of ether oxygens (including phenoxy) is 2. The lowest BCUT2D eigenvalue weighted by Gasteiger charge is -2.63. The van der Waals surface area contributed by atoms with Gasteiger partial charge in [0.25, 0.3) is 5.78 Å². The number of allylic oxidation sites excluding steroid dienone is 3. The lowest BCUT2D eigenvalue weighted by molar-refractivity contribution is -0.250. The summed E-state index contributed by atoms with van der Waals surface area (Å²) in [4.78, 5) is 37.0. The average molecular weight is 464 g/mol. The second-order valence-corrected chi connectivity index (χ2v) is 11.1. The molecule has 5 aliphatic rings. The molecule has 0 aromatic carbocycles. The Hall–Kier alpha value is -1.94. The van der Waals surface area contributed by atoms with Gasteiger partial charge >= 0.3 is 5.97 Å². The van der Waals surface area contributed by atoms with Crippen LogP contribution >= 0.6 is 0 Å². The minimum absolute atomic E-state index is 0.0795. The summed E-state index contributed by atoms with van der Waals surface area (Å²) < 4.78 is 29.3. The quantitative estimate of drug-likeness (QED) is 0.524. The number of carboxylic acid groups (broad SMARTS) is 1. The molecule has 1 saturated heterocycles. The minimum atomic E-state index is -2.25. The van der Waals surface area contributed by atoms with Crippen molar-refractivity contribution in [1.82, 2.24) is 0 Å². The van der Waals surface area contributed by atoms with Crippen molar-refractivity contribution in [2.75, 3.05) is 0 Å². The molecule has 180 valence electrons. The predicted molar refractivity (Wildman–Crippen MR) is 111 cm³/mol. The van der Waals surface area contributed by atoms with Crippen molar-refractivity contribution in [3.05, 3.63) is 23.8 Å². The molecule has 8 nitrogen and oxygen atoms in total. The second-order valence-electron chi connectivity index (χ2n) is 11.1. The Labute approximate surface area is 190 Å². The smallest absolute Gasteiger partial charge is 0.375 e. The number of aliphatic carboxylic acids is 1. The molecule has 1 heterocycles. The van der Waals surface area contributed by atoms with Gasteiger partial charge in [-0.3, -0.25) is 9.59 Å². The molecule has 3 N–H and O–H groups in total. The van der Waals surface area contributed by atoms with E-state index in [1.165, 1.54) is 18.2 Å². The summed E-state index contributed by atoms with van der Waals surface area (Å²) >= 11 is 0. The summed E-state index contributed by atoms with van der Waals surface area (Å²) in [6.07, 6.45) is 0.0482. The van der Waals surface area contributed by atoms with Crippen LogP contribution in [-0.4, -0.2) is 68.2 Å². The van der Waals surface area contributed by atoms with Gasteiger partial charge in [-0.1, -0.05) is 13.0 Å². The molecule has 0 aromatic rings. The average Bonchev–Trinajstić information content (AvgIpc) is 3.11. The number of ketones is 2. The fourth-order valence-corrected chi connectivity index (χ4v) is 7.90. The van der Waals surface area contributed by atoms with Crippen molar-refractivity contribution >= 4 is 17.5 Å². The van der Waals surface area contributed by atoms with E-state index in [1.54, 1.807) is 27.7 Å². The first-order valence-corrected chi connectivity index (χ1v) is 11.3. The number of aliphatic hydroxyl groups is 2. The maximum atomic E-state index is 17.2. The topological polar surface area (TPSA) is 130 Å². The minimum Gasteiger partial charge on any atom is -0.475 e. The summed E-state index contributed by atoms with van der Waals surface area (Å²) in [7, 11) is 0. The number of carboxylic acids is 1. The third-order valence-corrected chi connectivity index (χ3v) is 9.19. The lowest BCUT2D eigenvalue weighted by Crippen LogP contribution is -2.71. The first-order valence-electron chi connectivity index (χ1n) is 11.3. The summed E-state index contributed by atoms with van der Waals surface area (Å²) in [6.45, 7) is 6.40. The number of fused-ring (bicyclic) bond motifs is 7. The molecule has 1 aliphatic heterocycles. The highest BCUT2D eigenvalue weighted by Gasteiger charge is 2.81. The first-order chi connectivity index (χ1) is 15.1. The molecule has 4 fully saturated rings. The summed E-state index contributed by atoms with van der Waals surface area (Å²) in [6, 6.07) is 0. The fourth-order valence-electron chi connectivity index (χ4n) is 7.90. The molecule has 9 atom stereocenters. The first kappa shape index (κ1) is 22.8. The van der Waals surface area contributed by atoms with E-state index in [-0.39, 0.29) is 30.6 Å². The highest BCUT2D eigenvalue weighted by molar-refractivity contribution is 6.36. The van der Waals surface area contributed by atoms with Crippen molar-refractivity contribution in [1.29, 1.82) is 0 Å². The number of carbonyl (C=O) groups is 3. The summed E-state index contributed by atoms with van der Waals surface area (Å²) in [5.74, 6) is -5.99. The zero-order valence-corrected chi connectivity index (χ0v) is 19.0. The Balaban J connectivity index is 1.67. The van der Waals surface area contributed by atoms with Crippen LogP contribution in [0.1, 0.15) is 47.0 Å². The Morgan fingerprint density at radius 2 is 1.79 bits per heavy atom. The molecule has 0 radical (unpaired) electrons. The van der Waals surface area contributed by atoms with Gasteiger partial charge < -0.3 is 24.8 Å². The van der Waals surface area contributed by atoms with Gasteiger partial charge in [0.2, 0.25) is 0 Å². The van der Waals surface area contributed by atoms with Crippen LogP contribution in [0.15, 0.2) is 23.8 Å². The van der Waals surface area contributed by atoms with E-state index in [4.69, 9.17) is 9.47 Å². The Kier molecular flexibility index (Phi) is 4.42. The largest absolute Gasteiger partial charge is 0.475 e. The number of alkyl halides is 1. The number of hydrogen-bond acceptors (Lipinski definition) is 7. The van der Waals surface area contributed by atoms with Crippen molar-refractivity contribution in [2.45, 2.75) is 82.3 Å². The van der Waals surface area contributed by atoms with Crippen molar-refractivity contribution in [2.24, 2.45) is 22.7 Å². The molecular formula is C24H29FO8. The van der Waals surface area contributed by atoms with E-state index < -0.39 is 69.8 Å². The molecule has 3 saturated carbocycles. The third kappa shape index (κ3) is 2.46. The van der Waals surface area contributed by atoms with Gasteiger partial charge in [0.05, 0.1) is 18.3 Å². The Morgan fingerprint density at radius 1 is 1.12 bits per heavy atom. The SMILES string of the molecule is CC1(C)O[C@H]2C[C@@H]3[C@@H]4C[C@@H](O)C5=CC(=O)C=C[C@]5(C)[C@]4(F)[C@@H](O)C[C@]3(C)[C@]2(C(=O)C(=O)O)O1. The van der Waals surface area contributed by atoms with E-state index in [1.807, 2.05) is 0 Å². The van der Waals surface area contributed by atoms with Gasteiger partial charge in [0.1, 0.15) is 0 Å². The summed E-state index contributed by atoms with van der Waals surface area (Å²) in [5, 5.41) is 32.0. The van der Waals surface area contributed by atoms with Crippen LogP contribution in [0.25, 0.3) is 0 Å². The molecule has 0 aromatic heterocycles. The maximum absolute atomic E-state index is 17.2. The van der Waals surface area contributed by atoms with Crippen molar-refractivity contribution in [3.63, 3.8) is 0 Å². The predicted octanol–water partition coefficient (Wildman–Crippen LogP) is 1.48. The van der Waals surface area contributed by atoms with Gasteiger partial charge in [0.15, 0.2) is 22.8 Å². The molecule has 4 aliphatic carbocycles. The van der Waals surface area contributed by atoms with Gasteiger partial charge in [-0.2, -0.15) is 0 Å². The molecule has 9 heteroatoms. The van der Waals surface area contributed by atoms with Crippen LogP contribution in [0.5, 0.6) is 0 Å². The highest BCUT2D eigenvalue weighted by Crippen LogP contribution is 2.72. The second kappa shape index (κ2) is 6.38. The van der Waals surface area contributed by atoms with E-state index in [9.17, 15) is 29.7 Å². The Bertz CT molecular complexity index is 1030. The third-order valence-electron chi connectivity index (χ3n) is 9.19. The fraction of sp³-hybridized carbons (Fsp3) is 0.708. The normalized spacial score (nSPS) is 51.8. The van der Waals surface area contributed by atoms with E-state index in [2.05, 4.69) is 0 Å². The molecular weight excluding hydrogens is 435 g/mol. The molecule has 33 heavy (non-hydrogen) atoms. The van der Waals surface area contributed by atoms with E-state index in [0.29, 0.717) is 0 Å². The van der Waals surface area contributed by atoms with Crippen LogP contribution < -0.4 is 0 Å². The van der Waals surface area contributed by atoms with E-state index >= 15 is 4.39 Å². The summed E-state index contributed by atoms with van der Waals surface area (Å²) in [5.41, 5.74) is -6.62. The lowest BCUT2D eigenvalue weighted by atomic mass is 9.44. The molecule has 0 unspecified atom stereocenters.